The third kappa shape index (κ3) is 5.46. The highest BCUT2D eigenvalue weighted by Gasteiger charge is 2.35. The van der Waals surface area contributed by atoms with Crippen molar-refractivity contribution in [3.63, 3.8) is 0 Å². The molecule has 5 nitrogen and oxygen atoms in total. The maximum atomic E-state index is 12.9. The van der Waals surface area contributed by atoms with Gasteiger partial charge < -0.3 is 14.4 Å². The van der Waals surface area contributed by atoms with Gasteiger partial charge in [-0.05, 0) is 95.3 Å². The zero-order valence-corrected chi connectivity index (χ0v) is 20.8. The van der Waals surface area contributed by atoms with Gasteiger partial charge in [-0.25, -0.2) is 0 Å². The van der Waals surface area contributed by atoms with E-state index in [2.05, 4.69) is 35.9 Å². The maximum Gasteiger partial charge on any atom is 0.311 e. The van der Waals surface area contributed by atoms with Gasteiger partial charge in [0.15, 0.2) is 0 Å². The molecule has 0 atom stereocenters. The average Bonchev–Trinajstić information content (AvgIpc) is 3.64. The van der Waals surface area contributed by atoms with Crippen molar-refractivity contribution in [2.45, 2.75) is 83.7 Å². The van der Waals surface area contributed by atoms with Crippen molar-refractivity contribution in [1.29, 1.82) is 0 Å². The number of nitrogens with zero attached hydrogens (tertiary/aromatic N) is 2. The SMILES string of the molecule is CC1(C)Oc2cc(CCCC3CC3)cc(OC(=O)CCCN3CCCCC3)c2-c2cnccc21. The number of likely N-dealkylation sites (tertiary alicyclic amines) is 1. The number of esters is 1. The van der Waals surface area contributed by atoms with Crippen molar-refractivity contribution >= 4 is 5.97 Å². The first-order valence-corrected chi connectivity index (χ1v) is 13.2. The van der Waals surface area contributed by atoms with E-state index in [1.54, 1.807) is 6.20 Å². The lowest BCUT2D eigenvalue weighted by molar-refractivity contribution is -0.134. The number of ether oxygens (including phenoxy) is 2. The molecule has 34 heavy (non-hydrogen) atoms. The number of hydrogen-bond acceptors (Lipinski definition) is 5. The first-order chi connectivity index (χ1) is 16.5. The summed E-state index contributed by atoms with van der Waals surface area (Å²) in [5, 5.41) is 0. The van der Waals surface area contributed by atoms with Crippen molar-refractivity contribution < 1.29 is 14.3 Å². The van der Waals surface area contributed by atoms with Crippen LogP contribution in [0.1, 0.15) is 82.8 Å². The lowest BCUT2D eigenvalue weighted by Gasteiger charge is -2.35. The molecule has 0 N–H and O–H groups in total. The number of aromatic nitrogens is 1. The number of hydrogen-bond donors (Lipinski definition) is 0. The Kier molecular flexibility index (Phi) is 6.91. The molecule has 5 rings (SSSR count). The van der Waals surface area contributed by atoms with Crippen LogP contribution in [0.2, 0.25) is 0 Å². The van der Waals surface area contributed by atoms with Crippen LogP contribution in [0.5, 0.6) is 11.5 Å². The number of aryl methyl sites for hydroxylation is 1. The summed E-state index contributed by atoms with van der Waals surface area (Å²) in [4.78, 5) is 19.8. The molecule has 182 valence electrons. The van der Waals surface area contributed by atoms with E-state index >= 15 is 0 Å². The second-order valence-corrected chi connectivity index (χ2v) is 10.8. The Morgan fingerprint density at radius 3 is 2.79 bits per heavy atom. The molecule has 1 aliphatic carbocycles. The lowest BCUT2D eigenvalue weighted by atomic mass is 9.86. The highest BCUT2D eigenvalue weighted by atomic mass is 16.5. The molecular weight excluding hydrogens is 424 g/mol. The van der Waals surface area contributed by atoms with E-state index in [0.717, 1.165) is 67.3 Å². The first-order valence-electron chi connectivity index (χ1n) is 13.2. The second kappa shape index (κ2) is 10.1. The number of carbonyl (C=O) groups is 1. The molecule has 0 radical (unpaired) electrons. The predicted octanol–water partition coefficient (Wildman–Crippen LogP) is 6.28. The Hall–Kier alpha value is -2.40. The summed E-state index contributed by atoms with van der Waals surface area (Å²) in [6.07, 6.45) is 15.0. The van der Waals surface area contributed by atoms with Gasteiger partial charge in [-0.3, -0.25) is 9.78 Å². The van der Waals surface area contributed by atoms with Crippen LogP contribution in [0.25, 0.3) is 11.1 Å². The second-order valence-electron chi connectivity index (χ2n) is 10.8. The first kappa shape index (κ1) is 23.3. The van der Waals surface area contributed by atoms with E-state index in [0.29, 0.717) is 12.2 Å². The van der Waals surface area contributed by atoms with Crippen LogP contribution in [-0.2, 0) is 16.8 Å². The molecule has 2 aliphatic heterocycles. The predicted molar refractivity (Wildman–Crippen MR) is 134 cm³/mol. The van der Waals surface area contributed by atoms with Crippen molar-refractivity contribution in [3.05, 3.63) is 41.7 Å². The van der Waals surface area contributed by atoms with E-state index in [1.165, 1.54) is 44.1 Å². The summed E-state index contributed by atoms with van der Waals surface area (Å²) >= 11 is 0. The largest absolute Gasteiger partial charge is 0.482 e. The van der Waals surface area contributed by atoms with E-state index in [9.17, 15) is 4.79 Å². The fourth-order valence-corrected chi connectivity index (χ4v) is 5.47. The molecule has 0 amide bonds. The minimum atomic E-state index is -0.465. The fraction of sp³-hybridized carbons (Fsp3) is 0.586. The highest BCUT2D eigenvalue weighted by Crippen LogP contribution is 2.49. The lowest BCUT2D eigenvalue weighted by Crippen LogP contribution is -2.31. The van der Waals surface area contributed by atoms with Gasteiger partial charge in [-0.2, -0.15) is 0 Å². The summed E-state index contributed by atoms with van der Waals surface area (Å²) in [5.41, 5.74) is 3.64. The topological polar surface area (TPSA) is 51.7 Å². The van der Waals surface area contributed by atoms with Gasteiger partial charge in [-0.15, -0.1) is 0 Å². The van der Waals surface area contributed by atoms with E-state index in [4.69, 9.17) is 9.47 Å². The molecule has 5 heteroatoms. The van der Waals surface area contributed by atoms with Crippen molar-refractivity contribution in [2.24, 2.45) is 5.92 Å². The van der Waals surface area contributed by atoms with Crippen LogP contribution >= 0.6 is 0 Å². The normalized spacial score (nSPS) is 19.1. The van der Waals surface area contributed by atoms with Gasteiger partial charge in [0.1, 0.15) is 17.1 Å². The Labute approximate surface area is 203 Å². The molecule has 1 saturated carbocycles. The molecule has 0 unspecified atom stereocenters. The highest BCUT2D eigenvalue weighted by molar-refractivity contribution is 5.84. The number of rotatable bonds is 9. The quantitative estimate of drug-likeness (QED) is 0.324. The number of pyridine rings is 1. The summed E-state index contributed by atoms with van der Waals surface area (Å²) in [7, 11) is 0. The van der Waals surface area contributed by atoms with Crippen LogP contribution in [-0.4, -0.2) is 35.5 Å². The van der Waals surface area contributed by atoms with Crippen LogP contribution in [0, 0.1) is 5.92 Å². The Morgan fingerprint density at radius 2 is 2.00 bits per heavy atom. The number of fused-ring (bicyclic) bond motifs is 3. The Balaban J connectivity index is 1.35. The maximum absolute atomic E-state index is 12.9. The standard InChI is InChI=1S/C29H38N2O3/c1-29(2)24-13-14-30-20-23(24)28-25(33-27(32)10-7-17-31-15-4-3-5-16-31)18-22(19-26(28)34-29)9-6-8-21-11-12-21/h13-14,18-21H,3-12,15-17H2,1-2H3. The molecule has 1 saturated heterocycles. The van der Waals surface area contributed by atoms with Gasteiger partial charge in [0.2, 0.25) is 0 Å². The zero-order valence-electron chi connectivity index (χ0n) is 20.8. The van der Waals surface area contributed by atoms with E-state index in [1.807, 2.05) is 12.3 Å². The number of piperidine rings is 1. The van der Waals surface area contributed by atoms with Crippen LogP contribution < -0.4 is 9.47 Å². The molecular formula is C29H38N2O3. The molecule has 2 aromatic rings. The van der Waals surface area contributed by atoms with Crippen molar-refractivity contribution in [1.82, 2.24) is 9.88 Å². The average molecular weight is 463 g/mol. The minimum Gasteiger partial charge on any atom is -0.482 e. The van der Waals surface area contributed by atoms with Gasteiger partial charge in [0.25, 0.3) is 0 Å². The van der Waals surface area contributed by atoms with E-state index < -0.39 is 5.60 Å². The molecule has 3 heterocycles. The van der Waals surface area contributed by atoms with Crippen molar-refractivity contribution in [2.75, 3.05) is 19.6 Å². The molecule has 0 spiro atoms. The molecule has 2 fully saturated rings. The van der Waals surface area contributed by atoms with Gasteiger partial charge in [-0.1, -0.05) is 25.7 Å². The number of benzene rings is 1. The Bertz CT molecular complexity index is 1020. The molecule has 1 aromatic carbocycles. The smallest absolute Gasteiger partial charge is 0.311 e. The zero-order chi connectivity index (χ0) is 23.5. The summed E-state index contributed by atoms with van der Waals surface area (Å²) in [6.45, 7) is 7.45. The molecule has 0 bridgehead atoms. The third-order valence-corrected chi connectivity index (χ3v) is 7.53. The minimum absolute atomic E-state index is 0.162. The summed E-state index contributed by atoms with van der Waals surface area (Å²) in [6, 6.07) is 6.21. The van der Waals surface area contributed by atoms with Crippen LogP contribution in [0.15, 0.2) is 30.6 Å². The van der Waals surface area contributed by atoms with Crippen LogP contribution in [0.3, 0.4) is 0 Å². The molecule has 3 aliphatic rings. The monoisotopic (exact) mass is 462 g/mol. The van der Waals surface area contributed by atoms with Gasteiger partial charge in [0.05, 0.1) is 5.56 Å². The van der Waals surface area contributed by atoms with E-state index in [-0.39, 0.29) is 5.97 Å². The fourth-order valence-electron chi connectivity index (χ4n) is 5.47. The third-order valence-electron chi connectivity index (χ3n) is 7.53. The van der Waals surface area contributed by atoms with Crippen LogP contribution in [0.4, 0.5) is 0 Å². The number of carbonyl (C=O) groups excluding carboxylic acids is 1. The molecule has 1 aromatic heterocycles. The van der Waals surface area contributed by atoms with Gasteiger partial charge >= 0.3 is 5.97 Å². The van der Waals surface area contributed by atoms with Gasteiger partial charge in [0, 0.05) is 29.9 Å². The summed E-state index contributed by atoms with van der Waals surface area (Å²) in [5.74, 6) is 2.17. The Morgan fingerprint density at radius 1 is 1.18 bits per heavy atom. The summed E-state index contributed by atoms with van der Waals surface area (Å²) < 4.78 is 12.5. The van der Waals surface area contributed by atoms with Crippen molar-refractivity contribution in [3.8, 4) is 22.6 Å².